The van der Waals surface area contributed by atoms with Gasteiger partial charge in [0.05, 0.1) is 0 Å². The molecule has 3 aromatic rings. The highest BCUT2D eigenvalue weighted by Gasteiger charge is 2.60. The molecule has 8 nitrogen and oxygen atoms in total. The molecule has 1 aromatic carbocycles. The summed E-state index contributed by atoms with van der Waals surface area (Å²) >= 11 is 0. The number of anilines is 1. The molecule has 2 aliphatic heterocycles. The van der Waals surface area contributed by atoms with E-state index in [2.05, 4.69) is 15.4 Å². The van der Waals surface area contributed by atoms with E-state index in [9.17, 15) is 9.59 Å². The van der Waals surface area contributed by atoms with Crippen LogP contribution in [0, 0.1) is 0 Å². The lowest BCUT2D eigenvalue weighted by Gasteiger charge is -2.33. The fourth-order valence-corrected chi connectivity index (χ4v) is 5.40. The smallest absolute Gasteiger partial charge is 0.275 e. The van der Waals surface area contributed by atoms with Crippen LogP contribution in [-0.4, -0.2) is 42.6 Å². The van der Waals surface area contributed by atoms with Gasteiger partial charge in [0.15, 0.2) is 5.69 Å². The number of nitrogens with zero attached hydrogens (tertiary/aromatic N) is 5. The van der Waals surface area contributed by atoms with Gasteiger partial charge in [0.2, 0.25) is 5.91 Å². The number of imidazole rings is 1. The number of hydrogen-bond donors (Lipinski definition) is 1. The van der Waals surface area contributed by atoms with Crippen molar-refractivity contribution in [3.8, 4) is 0 Å². The van der Waals surface area contributed by atoms with Crippen molar-refractivity contribution in [1.82, 2.24) is 24.2 Å². The maximum Gasteiger partial charge on any atom is 0.275 e. The molecule has 1 saturated carbocycles. The van der Waals surface area contributed by atoms with E-state index in [-0.39, 0.29) is 11.8 Å². The van der Waals surface area contributed by atoms with E-state index in [0.717, 1.165) is 29.8 Å². The highest BCUT2D eigenvalue weighted by atomic mass is 16.2. The second-order valence-corrected chi connectivity index (χ2v) is 8.87. The zero-order valence-corrected chi connectivity index (χ0v) is 17.6. The topological polar surface area (TPSA) is 85.1 Å². The van der Waals surface area contributed by atoms with Gasteiger partial charge in [-0.3, -0.25) is 14.3 Å². The van der Waals surface area contributed by atoms with Crippen molar-refractivity contribution in [2.24, 2.45) is 14.1 Å². The molecule has 1 saturated heterocycles. The van der Waals surface area contributed by atoms with Crippen LogP contribution >= 0.6 is 0 Å². The lowest BCUT2D eigenvalue weighted by molar-refractivity contribution is -0.121. The monoisotopic (exact) mass is 416 g/mol. The van der Waals surface area contributed by atoms with Gasteiger partial charge < -0.3 is 14.8 Å². The van der Waals surface area contributed by atoms with Gasteiger partial charge in [-0.1, -0.05) is 18.2 Å². The number of hydrogen-bond acceptors (Lipinski definition) is 4. The Morgan fingerprint density at radius 3 is 2.77 bits per heavy atom. The molecule has 0 unspecified atom stereocenters. The Morgan fingerprint density at radius 1 is 1.23 bits per heavy atom. The van der Waals surface area contributed by atoms with Crippen LogP contribution in [0.3, 0.4) is 0 Å². The molecule has 2 atom stereocenters. The van der Waals surface area contributed by atoms with Crippen molar-refractivity contribution >= 4 is 17.5 Å². The lowest BCUT2D eigenvalue weighted by atomic mass is 9.74. The fourth-order valence-electron chi connectivity index (χ4n) is 5.40. The van der Waals surface area contributed by atoms with E-state index in [1.165, 1.54) is 0 Å². The number of benzene rings is 1. The number of para-hydroxylation sites is 1. The second kappa shape index (κ2) is 6.29. The zero-order chi connectivity index (χ0) is 21.3. The molecule has 6 rings (SSSR count). The van der Waals surface area contributed by atoms with E-state index in [1.807, 2.05) is 59.9 Å². The molecule has 4 heterocycles. The Morgan fingerprint density at radius 2 is 2.03 bits per heavy atom. The summed E-state index contributed by atoms with van der Waals surface area (Å²) in [6.45, 7) is 0.466. The molecule has 8 heteroatoms. The molecule has 0 radical (unpaired) electrons. The summed E-state index contributed by atoms with van der Waals surface area (Å²) in [5.41, 5.74) is 2.43. The minimum Gasteiger partial charge on any atom is -0.336 e. The van der Waals surface area contributed by atoms with Gasteiger partial charge in [-0.2, -0.15) is 5.10 Å². The van der Waals surface area contributed by atoms with Crippen LogP contribution in [0.15, 0.2) is 42.7 Å². The maximum atomic E-state index is 13.7. The Hall–Kier alpha value is -3.42. The van der Waals surface area contributed by atoms with E-state index >= 15 is 0 Å². The third-order valence-corrected chi connectivity index (χ3v) is 7.08. The average Bonchev–Trinajstić information content (AvgIpc) is 3.08. The number of amides is 2. The quantitative estimate of drug-likeness (QED) is 0.711. The number of carbonyl (C=O) groups excluding carboxylic acids is 2. The van der Waals surface area contributed by atoms with Gasteiger partial charge in [0.25, 0.3) is 5.91 Å². The van der Waals surface area contributed by atoms with Crippen molar-refractivity contribution in [2.75, 3.05) is 11.9 Å². The summed E-state index contributed by atoms with van der Waals surface area (Å²) in [6.07, 6.45) is 6.41. The molecule has 1 spiro atoms. The summed E-state index contributed by atoms with van der Waals surface area (Å²) in [7, 11) is 3.80. The highest BCUT2D eigenvalue weighted by molar-refractivity contribution is 6.08. The first kappa shape index (κ1) is 18.4. The lowest BCUT2D eigenvalue weighted by Crippen LogP contribution is -2.43. The Balaban J connectivity index is 1.48. The number of nitrogens with one attached hydrogen (secondary N) is 1. The molecule has 1 N–H and O–H groups in total. The van der Waals surface area contributed by atoms with Crippen LogP contribution in [0.5, 0.6) is 0 Å². The molecule has 158 valence electrons. The zero-order valence-electron chi connectivity index (χ0n) is 17.6. The minimum absolute atomic E-state index is 0.0725. The van der Waals surface area contributed by atoms with E-state index in [1.54, 1.807) is 11.1 Å². The summed E-state index contributed by atoms with van der Waals surface area (Å²) in [6, 6.07) is 9.19. The van der Waals surface area contributed by atoms with Gasteiger partial charge in [-0.05, 0) is 37.0 Å². The maximum absolute atomic E-state index is 13.7. The standard InChI is InChI=1S/C23H24N6O2/c1-27-12-10-24-20(27)19-23(15-5-3-4-6-16(15)25-22(23)31)9-11-29(19)21(30)17-13-18(14-7-8-14)28(2)26-17/h3-6,10,12-14,19H,7-9,11H2,1-2H3,(H,25,31)/t19-,23+/m0/s1. The molecule has 3 aliphatic rings. The predicted molar refractivity (Wildman–Crippen MR) is 114 cm³/mol. The van der Waals surface area contributed by atoms with Crippen LogP contribution in [0.4, 0.5) is 5.69 Å². The van der Waals surface area contributed by atoms with Crippen molar-refractivity contribution in [3.05, 3.63) is 65.5 Å². The molecule has 31 heavy (non-hydrogen) atoms. The van der Waals surface area contributed by atoms with Gasteiger partial charge >= 0.3 is 0 Å². The van der Waals surface area contributed by atoms with Crippen molar-refractivity contribution in [3.63, 3.8) is 0 Å². The Kier molecular flexibility index (Phi) is 3.73. The van der Waals surface area contributed by atoms with E-state index in [4.69, 9.17) is 0 Å². The molecule has 2 aromatic heterocycles. The number of aromatic nitrogens is 4. The van der Waals surface area contributed by atoms with Gasteiger partial charge in [-0.25, -0.2) is 4.98 Å². The number of fused-ring (bicyclic) bond motifs is 2. The summed E-state index contributed by atoms with van der Waals surface area (Å²) in [5.74, 6) is 0.985. The molecule has 0 bridgehead atoms. The molecule has 2 amide bonds. The van der Waals surface area contributed by atoms with Crippen LogP contribution in [0.2, 0.25) is 0 Å². The number of likely N-dealkylation sites (tertiary alicyclic amines) is 1. The van der Waals surface area contributed by atoms with Crippen molar-refractivity contribution in [1.29, 1.82) is 0 Å². The molecular formula is C23H24N6O2. The molecule has 2 fully saturated rings. The molecular weight excluding hydrogens is 392 g/mol. The van der Waals surface area contributed by atoms with Crippen LogP contribution in [-0.2, 0) is 24.3 Å². The minimum atomic E-state index is -0.862. The Bertz CT molecular complexity index is 1220. The van der Waals surface area contributed by atoms with E-state index < -0.39 is 11.5 Å². The molecule has 1 aliphatic carbocycles. The first-order chi connectivity index (χ1) is 15.0. The normalized spacial score (nSPS) is 24.6. The summed E-state index contributed by atoms with van der Waals surface area (Å²) in [4.78, 5) is 33.5. The number of rotatable bonds is 3. The van der Waals surface area contributed by atoms with Crippen LogP contribution in [0.1, 0.15) is 58.8 Å². The SMILES string of the molecule is Cn1ccnc1[C@@H]1N(C(=O)c2cc(C3CC3)n(C)n2)CC[C@]12C(=O)Nc1ccccc12. The van der Waals surface area contributed by atoms with Crippen molar-refractivity contribution in [2.45, 2.75) is 36.6 Å². The van der Waals surface area contributed by atoms with E-state index in [0.29, 0.717) is 30.4 Å². The van der Waals surface area contributed by atoms with Crippen LogP contribution in [0.25, 0.3) is 0 Å². The van der Waals surface area contributed by atoms with Gasteiger partial charge in [0, 0.05) is 50.3 Å². The van der Waals surface area contributed by atoms with Gasteiger partial charge in [-0.15, -0.1) is 0 Å². The Labute approximate surface area is 179 Å². The first-order valence-corrected chi connectivity index (χ1v) is 10.7. The third kappa shape index (κ3) is 2.47. The summed E-state index contributed by atoms with van der Waals surface area (Å²) < 4.78 is 3.73. The van der Waals surface area contributed by atoms with Crippen molar-refractivity contribution < 1.29 is 9.59 Å². The summed E-state index contributed by atoms with van der Waals surface area (Å²) in [5, 5.41) is 7.57. The van der Waals surface area contributed by atoms with Crippen LogP contribution < -0.4 is 5.32 Å². The average molecular weight is 416 g/mol. The number of carbonyl (C=O) groups is 2. The van der Waals surface area contributed by atoms with Gasteiger partial charge in [0.1, 0.15) is 17.3 Å². The largest absolute Gasteiger partial charge is 0.336 e. The third-order valence-electron chi connectivity index (χ3n) is 7.08. The first-order valence-electron chi connectivity index (χ1n) is 10.7. The predicted octanol–water partition coefficient (Wildman–Crippen LogP) is 2.51. The second-order valence-electron chi connectivity index (χ2n) is 8.87. The highest BCUT2D eigenvalue weighted by Crippen LogP contribution is 2.54. The fraction of sp³-hybridized carbons (Fsp3) is 0.391. The number of aryl methyl sites for hydroxylation is 2.